The van der Waals surface area contributed by atoms with Crippen LogP contribution < -0.4 is 0 Å². The minimum absolute atomic E-state index is 0.00416. The molecule has 25 heavy (non-hydrogen) atoms. The molecule has 1 aromatic rings. The van der Waals surface area contributed by atoms with Crippen LogP contribution in [0.4, 0.5) is 0 Å². The first-order valence-corrected chi connectivity index (χ1v) is 10.7. The number of hydrogen-bond acceptors (Lipinski definition) is 5. The average molecular weight is 366 g/mol. The molecule has 1 aromatic carbocycles. The molecule has 7 heteroatoms. The summed E-state index contributed by atoms with van der Waals surface area (Å²) < 4.78 is 23.1. The van der Waals surface area contributed by atoms with Crippen molar-refractivity contribution >= 4 is 15.7 Å². The molecule has 0 spiro atoms. The fourth-order valence-corrected chi connectivity index (χ4v) is 5.13. The summed E-state index contributed by atoms with van der Waals surface area (Å²) >= 11 is 0. The molecule has 2 aliphatic rings. The number of sulfone groups is 1. The second kappa shape index (κ2) is 7.85. The maximum Gasteiger partial charge on any atom is 0.225 e. The Bertz CT molecular complexity index is 678. The van der Waals surface area contributed by atoms with Crippen LogP contribution in [0.5, 0.6) is 0 Å². The summed E-state index contributed by atoms with van der Waals surface area (Å²) in [6, 6.07) is 10.1. The van der Waals surface area contributed by atoms with Gasteiger partial charge < -0.3 is 10.0 Å². The Balaban J connectivity index is 1.58. The number of carbonyl (C=O) groups is 1. The third-order valence-corrected chi connectivity index (χ3v) is 6.77. The van der Waals surface area contributed by atoms with E-state index in [0.717, 1.165) is 6.54 Å². The molecule has 2 heterocycles. The van der Waals surface area contributed by atoms with Crippen molar-refractivity contribution < 1.29 is 18.3 Å². The zero-order chi connectivity index (χ0) is 17.9. The number of amides is 1. The molecule has 138 valence electrons. The second-order valence-corrected chi connectivity index (χ2v) is 9.39. The third-order valence-electron chi connectivity index (χ3n) is 5.05. The predicted octanol–water partition coefficient (Wildman–Crippen LogP) is 0.516. The Hall–Kier alpha value is -1.44. The van der Waals surface area contributed by atoms with E-state index in [2.05, 4.69) is 17.0 Å². The highest BCUT2D eigenvalue weighted by molar-refractivity contribution is 7.91. The van der Waals surface area contributed by atoms with Crippen molar-refractivity contribution in [3.05, 3.63) is 35.9 Å². The zero-order valence-electron chi connectivity index (χ0n) is 14.4. The standard InChI is InChI=1S/C18H26N2O4S/c21-17-13-19(12-15-4-2-1-3-5-15)8-9-20(14-17)18(22)16-6-10-25(23,24)11-7-16/h1-5,16-17,21H,6-14H2/t17-/m0/s1. The molecule has 0 bridgehead atoms. The van der Waals surface area contributed by atoms with Gasteiger partial charge in [0.1, 0.15) is 9.84 Å². The van der Waals surface area contributed by atoms with Crippen molar-refractivity contribution in [3.8, 4) is 0 Å². The Labute approximate surface area is 149 Å². The molecule has 0 saturated carbocycles. The quantitative estimate of drug-likeness (QED) is 0.844. The van der Waals surface area contributed by atoms with Crippen molar-refractivity contribution in [2.45, 2.75) is 25.5 Å². The van der Waals surface area contributed by atoms with Gasteiger partial charge in [0.05, 0.1) is 17.6 Å². The Morgan fingerprint density at radius 3 is 2.44 bits per heavy atom. The first kappa shape index (κ1) is 18.4. The lowest BCUT2D eigenvalue weighted by Crippen LogP contribution is -2.43. The van der Waals surface area contributed by atoms with E-state index in [1.807, 2.05) is 18.2 Å². The van der Waals surface area contributed by atoms with E-state index in [9.17, 15) is 18.3 Å². The van der Waals surface area contributed by atoms with E-state index in [-0.39, 0.29) is 23.3 Å². The lowest BCUT2D eigenvalue weighted by molar-refractivity contribution is -0.136. The first-order chi connectivity index (χ1) is 11.9. The van der Waals surface area contributed by atoms with E-state index in [0.29, 0.717) is 39.0 Å². The number of aliphatic hydroxyl groups is 1. The molecule has 6 nitrogen and oxygen atoms in total. The van der Waals surface area contributed by atoms with Crippen LogP contribution in [0, 0.1) is 5.92 Å². The molecule has 0 aliphatic carbocycles. The molecular weight excluding hydrogens is 340 g/mol. The van der Waals surface area contributed by atoms with Gasteiger partial charge in [0, 0.05) is 38.6 Å². The molecule has 1 atom stereocenters. The van der Waals surface area contributed by atoms with Crippen LogP contribution in [0.3, 0.4) is 0 Å². The topological polar surface area (TPSA) is 77.9 Å². The molecule has 3 rings (SSSR count). The number of nitrogens with zero attached hydrogens (tertiary/aromatic N) is 2. The van der Waals surface area contributed by atoms with Crippen LogP contribution >= 0.6 is 0 Å². The summed E-state index contributed by atoms with van der Waals surface area (Å²) in [5.74, 6) is -0.0354. The summed E-state index contributed by atoms with van der Waals surface area (Å²) in [4.78, 5) is 16.6. The lowest BCUT2D eigenvalue weighted by atomic mass is 10.0. The monoisotopic (exact) mass is 366 g/mol. The predicted molar refractivity (Wildman–Crippen MR) is 95.7 cm³/mol. The summed E-state index contributed by atoms with van der Waals surface area (Å²) in [5, 5.41) is 10.3. The van der Waals surface area contributed by atoms with Crippen LogP contribution in [-0.2, 0) is 21.2 Å². The average Bonchev–Trinajstić information content (AvgIpc) is 2.76. The van der Waals surface area contributed by atoms with Gasteiger partial charge in [0.15, 0.2) is 0 Å². The minimum Gasteiger partial charge on any atom is -0.390 e. The van der Waals surface area contributed by atoms with Crippen LogP contribution in [0.2, 0.25) is 0 Å². The smallest absolute Gasteiger partial charge is 0.225 e. The van der Waals surface area contributed by atoms with Crippen molar-refractivity contribution in [2.75, 3.05) is 37.7 Å². The van der Waals surface area contributed by atoms with Gasteiger partial charge in [-0.3, -0.25) is 9.69 Å². The van der Waals surface area contributed by atoms with Crippen LogP contribution in [-0.4, -0.2) is 73.0 Å². The van der Waals surface area contributed by atoms with Crippen LogP contribution in [0.1, 0.15) is 18.4 Å². The molecule has 2 saturated heterocycles. The highest BCUT2D eigenvalue weighted by Gasteiger charge is 2.33. The molecule has 2 fully saturated rings. The fraction of sp³-hybridized carbons (Fsp3) is 0.611. The van der Waals surface area contributed by atoms with Crippen molar-refractivity contribution in [3.63, 3.8) is 0 Å². The fourth-order valence-electron chi connectivity index (χ4n) is 3.64. The van der Waals surface area contributed by atoms with Gasteiger partial charge in [-0.05, 0) is 18.4 Å². The molecule has 1 amide bonds. The van der Waals surface area contributed by atoms with Gasteiger partial charge in [-0.1, -0.05) is 30.3 Å². The number of benzene rings is 1. The van der Waals surface area contributed by atoms with Crippen LogP contribution in [0.15, 0.2) is 30.3 Å². The van der Waals surface area contributed by atoms with Gasteiger partial charge >= 0.3 is 0 Å². The van der Waals surface area contributed by atoms with Gasteiger partial charge in [0.2, 0.25) is 5.91 Å². The summed E-state index contributed by atoms with van der Waals surface area (Å²) in [6.07, 6.45) is 0.227. The van der Waals surface area contributed by atoms with Crippen LogP contribution in [0.25, 0.3) is 0 Å². The number of aliphatic hydroxyl groups excluding tert-OH is 1. The van der Waals surface area contributed by atoms with E-state index in [1.165, 1.54) is 5.56 Å². The maximum absolute atomic E-state index is 12.7. The van der Waals surface area contributed by atoms with Gasteiger partial charge in [0.25, 0.3) is 0 Å². The van der Waals surface area contributed by atoms with Crippen molar-refractivity contribution in [2.24, 2.45) is 5.92 Å². The van der Waals surface area contributed by atoms with Crippen molar-refractivity contribution in [1.82, 2.24) is 9.80 Å². The number of rotatable bonds is 3. The normalized spacial score (nSPS) is 25.5. The zero-order valence-corrected chi connectivity index (χ0v) is 15.2. The van der Waals surface area contributed by atoms with Gasteiger partial charge in [-0.25, -0.2) is 8.42 Å². The Kier molecular flexibility index (Phi) is 5.76. The first-order valence-electron chi connectivity index (χ1n) is 8.86. The minimum atomic E-state index is -2.97. The molecular formula is C18H26N2O4S. The maximum atomic E-state index is 12.7. The number of β-amino-alcohol motifs (C(OH)–C–C–N with tert-alkyl or cyclic N) is 1. The second-order valence-electron chi connectivity index (χ2n) is 7.08. The molecule has 1 N–H and O–H groups in total. The van der Waals surface area contributed by atoms with Gasteiger partial charge in [-0.15, -0.1) is 0 Å². The third kappa shape index (κ3) is 5.03. The van der Waals surface area contributed by atoms with Crippen molar-refractivity contribution in [1.29, 1.82) is 0 Å². The van der Waals surface area contributed by atoms with E-state index in [1.54, 1.807) is 4.90 Å². The number of carbonyl (C=O) groups excluding carboxylic acids is 1. The molecule has 2 aliphatic heterocycles. The highest BCUT2D eigenvalue weighted by atomic mass is 32.2. The summed E-state index contributed by atoms with van der Waals surface area (Å²) in [7, 11) is -2.97. The SMILES string of the molecule is O=C(C1CCS(=O)(=O)CC1)N1CCN(Cc2ccccc2)C[C@H](O)C1. The largest absolute Gasteiger partial charge is 0.390 e. The van der Waals surface area contributed by atoms with E-state index in [4.69, 9.17) is 0 Å². The summed E-state index contributed by atoms with van der Waals surface area (Å²) in [6.45, 7) is 2.90. The Morgan fingerprint density at radius 1 is 1.08 bits per heavy atom. The highest BCUT2D eigenvalue weighted by Crippen LogP contribution is 2.22. The molecule has 0 aromatic heterocycles. The Morgan fingerprint density at radius 2 is 1.76 bits per heavy atom. The molecule has 0 unspecified atom stereocenters. The number of hydrogen-bond donors (Lipinski definition) is 1. The molecule has 0 radical (unpaired) electrons. The van der Waals surface area contributed by atoms with Gasteiger partial charge in [-0.2, -0.15) is 0 Å². The van der Waals surface area contributed by atoms with E-state index < -0.39 is 15.9 Å². The summed E-state index contributed by atoms with van der Waals surface area (Å²) in [5.41, 5.74) is 1.19. The van der Waals surface area contributed by atoms with E-state index >= 15 is 0 Å². The lowest BCUT2D eigenvalue weighted by Gasteiger charge is -2.29.